The maximum Gasteiger partial charge on any atom is 0.340 e. The largest absolute Gasteiger partial charge is 0.456 e. The van der Waals surface area contributed by atoms with Gasteiger partial charge >= 0.3 is 5.97 Å². The molecule has 1 amide bonds. The van der Waals surface area contributed by atoms with Crippen molar-refractivity contribution in [3.8, 4) is 0 Å². The van der Waals surface area contributed by atoms with Gasteiger partial charge in [-0.2, -0.15) is 9.61 Å². The molecule has 0 aliphatic heterocycles. The number of carbonyl (C=O) groups is 2. The Hall–Kier alpha value is -3.92. The lowest BCUT2D eigenvalue weighted by molar-refractivity contribution is 0.0469. The first-order valence-electron chi connectivity index (χ1n) is 9.10. The minimum absolute atomic E-state index is 0.110. The second-order valence-corrected chi connectivity index (χ2v) is 7.65. The van der Waals surface area contributed by atoms with Gasteiger partial charge in [-0.15, -0.1) is 0 Å². The molecule has 4 aromatic rings. The molecule has 2 aromatic heterocycles. The third kappa shape index (κ3) is 4.48. The summed E-state index contributed by atoms with van der Waals surface area (Å²) >= 11 is 1.25. The molecule has 0 bridgehead atoms. The number of benzene rings is 2. The number of rotatable bonds is 5. The minimum atomic E-state index is -0.711. The van der Waals surface area contributed by atoms with Gasteiger partial charge in [-0.1, -0.05) is 29.5 Å². The van der Waals surface area contributed by atoms with Crippen LogP contribution in [0.4, 0.5) is 10.1 Å². The van der Waals surface area contributed by atoms with E-state index < -0.39 is 17.7 Å². The number of nitrogens with one attached hydrogen (secondary N) is 1. The molecule has 0 spiro atoms. The van der Waals surface area contributed by atoms with Crippen molar-refractivity contribution in [3.05, 3.63) is 92.6 Å². The predicted octanol–water partition coefficient (Wildman–Crippen LogP) is 3.21. The standard InChI is InChI=1S/C21H15FN4O4S/c1-12-25-26-18(27)10-15(23-21(26)31-12)11-30-20(29)16-7-2-3-8-17(16)24-19(28)13-5-4-6-14(22)9-13/h2-10H,11H2,1H3,(H,24,28). The average Bonchev–Trinajstić information content (AvgIpc) is 3.13. The van der Waals surface area contributed by atoms with Crippen molar-refractivity contribution in [2.75, 3.05) is 5.32 Å². The number of aromatic nitrogens is 3. The van der Waals surface area contributed by atoms with E-state index in [1.165, 1.54) is 52.3 Å². The van der Waals surface area contributed by atoms with Gasteiger partial charge in [0.05, 0.1) is 16.9 Å². The Bertz CT molecular complexity index is 1370. The third-order valence-corrected chi connectivity index (χ3v) is 5.06. The number of aryl methyl sites for hydroxylation is 1. The molecule has 0 unspecified atom stereocenters. The molecule has 1 N–H and O–H groups in total. The molecular weight excluding hydrogens is 423 g/mol. The molecule has 0 aliphatic rings. The summed E-state index contributed by atoms with van der Waals surface area (Å²) in [7, 11) is 0. The molecule has 8 nitrogen and oxygen atoms in total. The van der Waals surface area contributed by atoms with Crippen molar-refractivity contribution >= 4 is 33.9 Å². The van der Waals surface area contributed by atoms with Gasteiger partial charge in [0.1, 0.15) is 17.4 Å². The zero-order chi connectivity index (χ0) is 22.0. The van der Waals surface area contributed by atoms with Crippen molar-refractivity contribution < 1.29 is 18.7 Å². The van der Waals surface area contributed by atoms with Crippen LogP contribution in [0.5, 0.6) is 0 Å². The molecule has 10 heteroatoms. The Morgan fingerprint density at radius 3 is 2.77 bits per heavy atom. The molecule has 2 heterocycles. The normalized spacial score (nSPS) is 10.8. The molecule has 0 atom stereocenters. The van der Waals surface area contributed by atoms with Crippen LogP contribution in [0, 0.1) is 12.7 Å². The van der Waals surface area contributed by atoms with Gasteiger partial charge < -0.3 is 10.1 Å². The third-order valence-electron chi connectivity index (χ3n) is 4.23. The zero-order valence-corrected chi connectivity index (χ0v) is 17.0. The molecule has 31 heavy (non-hydrogen) atoms. The molecule has 0 saturated heterocycles. The summed E-state index contributed by atoms with van der Waals surface area (Å²) in [5.74, 6) is -1.82. The van der Waals surface area contributed by atoms with E-state index in [1.54, 1.807) is 19.1 Å². The van der Waals surface area contributed by atoms with E-state index in [4.69, 9.17) is 4.74 Å². The predicted molar refractivity (Wildman–Crippen MR) is 112 cm³/mol. The number of anilines is 1. The summed E-state index contributed by atoms with van der Waals surface area (Å²) in [6, 6.07) is 12.7. The van der Waals surface area contributed by atoms with Gasteiger partial charge in [0, 0.05) is 11.6 Å². The Balaban J connectivity index is 1.50. The number of hydrogen-bond acceptors (Lipinski definition) is 7. The summed E-state index contributed by atoms with van der Waals surface area (Å²) in [5.41, 5.74) is 0.342. The molecule has 2 aromatic carbocycles. The fraction of sp³-hybridized carbons (Fsp3) is 0.0952. The fourth-order valence-electron chi connectivity index (χ4n) is 2.84. The van der Waals surface area contributed by atoms with Gasteiger partial charge in [0.15, 0.2) is 0 Å². The highest BCUT2D eigenvalue weighted by atomic mass is 32.1. The highest BCUT2D eigenvalue weighted by Gasteiger charge is 2.16. The second-order valence-electron chi connectivity index (χ2n) is 6.49. The van der Waals surface area contributed by atoms with Crippen LogP contribution in [0.25, 0.3) is 4.96 Å². The van der Waals surface area contributed by atoms with E-state index in [2.05, 4.69) is 15.4 Å². The first kappa shape index (κ1) is 20.4. The van der Waals surface area contributed by atoms with Crippen LogP contribution in [0.3, 0.4) is 0 Å². The maximum absolute atomic E-state index is 13.4. The van der Waals surface area contributed by atoms with E-state index in [0.717, 1.165) is 6.07 Å². The smallest absolute Gasteiger partial charge is 0.340 e. The quantitative estimate of drug-likeness (QED) is 0.480. The van der Waals surface area contributed by atoms with E-state index in [0.29, 0.717) is 9.97 Å². The second kappa shape index (κ2) is 8.44. The summed E-state index contributed by atoms with van der Waals surface area (Å²) in [5, 5.41) is 7.32. The van der Waals surface area contributed by atoms with Crippen LogP contribution in [-0.2, 0) is 11.3 Å². The van der Waals surface area contributed by atoms with Crippen LogP contribution in [0.2, 0.25) is 0 Å². The van der Waals surface area contributed by atoms with Crippen molar-refractivity contribution in [3.63, 3.8) is 0 Å². The number of nitrogens with zero attached hydrogens (tertiary/aromatic N) is 3. The summed E-state index contributed by atoms with van der Waals surface area (Å²) in [6.45, 7) is 1.53. The highest BCUT2D eigenvalue weighted by Crippen LogP contribution is 2.18. The lowest BCUT2D eigenvalue weighted by Gasteiger charge is -2.11. The van der Waals surface area contributed by atoms with Gasteiger partial charge in [0.25, 0.3) is 11.5 Å². The van der Waals surface area contributed by atoms with Gasteiger partial charge in [0.2, 0.25) is 4.96 Å². The number of ether oxygens (including phenoxy) is 1. The van der Waals surface area contributed by atoms with E-state index in [1.807, 2.05) is 0 Å². The average molecular weight is 438 g/mol. The zero-order valence-electron chi connectivity index (χ0n) is 16.2. The Kier molecular flexibility index (Phi) is 5.54. The number of hydrogen-bond donors (Lipinski definition) is 1. The molecule has 0 radical (unpaired) electrons. The van der Waals surface area contributed by atoms with Crippen LogP contribution in [-0.4, -0.2) is 26.5 Å². The van der Waals surface area contributed by atoms with Crippen molar-refractivity contribution in [1.82, 2.24) is 14.6 Å². The Morgan fingerprint density at radius 1 is 1.16 bits per heavy atom. The monoisotopic (exact) mass is 438 g/mol. The maximum atomic E-state index is 13.4. The van der Waals surface area contributed by atoms with Gasteiger partial charge in [-0.05, 0) is 37.3 Å². The van der Waals surface area contributed by atoms with Crippen LogP contribution >= 0.6 is 11.3 Å². The van der Waals surface area contributed by atoms with Crippen LogP contribution in [0.1, 0.15) is 31.4 Å². The summed E-state index contributed by atoms with van der Waals surface area (Å²) < 4.78 is 19.9. The summed E-state index contributed by atoms with van der Waals surface area (Å²) in [4.78, 5) is 41.8. The van der Waals surface area contributed by atoms with E-state index in [-0.39, 0.29) is 34.7 Å². The first-order valence-corrected chi connectivity index (χ1v) is 9.92. The highest BCUT2D eigenvalue weighted by molar-refractivity contribution is 7.16. The summed E-state index contributed by atoms with van der Waals surface area (Å²) in [6.07, 6.45) is 0. The fourth-order valence-corrected chi connectivity index (χ4v) is 3.60. The first-order chi connectivity index (χ1) is 14.9. The number of amides is 1. The number of halogens is 1. The van der Waals surface area contributed by atoms with E-state index >= 15 is 0 Å². The van der Waals surface area contributed by atoms with E-state index in [9.17, 15) is 18.8 Å². The van der Waals surface area contributed by atoms with Crippen molar-refractivity contribution in [2.45, 2.75) is 13.5 Å². The number of para-hydroxylation sites is 1. The lowest BCUT2D eigenvalue weighted by atomic mass is 10.1. The lowest BCUT2D eigenvalue weighted by Crippen LogP contribution is -2.18. The Labute approximate surface area is 178 Å². The number of esters is 1. The topological polar surface area (TPSA) is 103 Å². The van der Waals surface area contributed by atoms with Crippen molar-refractivity contribution in [2.24, 2.45) is 0 Å². The Morgan fingerprint density at radius 2 is 1.97 bits per heavy atom. The molecule has 156 valence electrons. The van der Waals surface area contributed by atoms with Crippen molar-refractivity contribution in [1.29, 1.82) is 0 Å². The molecule has 4 rings (SSSR count). The SMILES string of the molecule is Cc1nn2c(=O)cc(COC(=O)c3ccccc3NC(=O)c3cccc(F)c3)nc2s1. The molecule has 0 fully saturated rings. The van der Waals surface area contributed by atoms with Gasteiger partial charge in [-0.25, -0.2) is 14.2 Å². The molecule has 0 aliphatic carbocycles. The molecular formula is C21H15FN4O4S. The van der Waals surface area contributed by atoms with Gasteiger partial charge in [-0.3, -0.25) is 9.59 Å². The molecule has 0 saturated carbocycles. The number of fused-ring (bicyclic) bond motifs is 1. The minimum Gasteiger partial charge on any atom is -0.456 e. The number of carbonyl (C=O) groups excluding carboxylic acids is 2. The van der Waals surface area contributed by atoms with Crippen LogP contribution < -0.4 is 10.9 Å². The van der Waals surface area contributed by atoms with Crippen LogP contribution in [0.15, 0.2) is 59.4 Å².